The Morgan fingerprint density at radius 3 is 2.19 bits per heavy atom. The highest BCUT2D eigenvalue weighted by Gasteiger charge is 2.04. The van der Waals surface area contributed by atoms with Crippen LogP contribution in [0, 0.1) is 5.92 Å². The number of hydrogen-bond acceptors (Lipinski definition) is 4. The van der Waals surface area contributed by atoms with E-state index in [2.05, 4.69) is 30.7 Å². The Kier molecular flexibility index (Phi) is 8.94. The predicted octanol–water partition coefficient (Wildman–Crippen LogP) is 5.92. The Morgan fingerprint density at radius 2 is 1.54 bits per heavy atom. The first-order valence-electron chi connectivity index (χ1n) is 9.91. The maximum Gasteiger partial charge on any atom is 0.159 e. The topological polar surface area (TPSA) is 44.2 Å². The Hall–Kier alpha value is -2.10. The second kappa shape index (κ2) is 11.5. The summed E-state index contributed by atoms with van der Waals surface area (Å²) in [7, 11) is 0. The van der Waals surface area contributed by atoms with Gasteiger partial charge in [0.05, 0.1) is 25.6 Å². The normalized spacial score (nSPS) is 12.0. The molecular weight excluding hydrogens is 324 g/mol. The highest BCUT2D eigenvalue weighted by atomic mass is 16.5. The summed E-state index contributed by atoms with van der Waals surface area (Å²) in [5, 5.41) is 0. The zero-order valence-corrected chi connectivity index (χ0v) is 16.4. The van der Waals surface area contributed by atoms with Crippen LogP contribution in [-0.2, 0) is 0 Å². The Morgan fingerprint density at radius 1 is 0.846 bits per heavy atom. The quantitative estimate of drug-likeness (QED) is 0.443. The van der Waals surface area contributed by atoms with Gasteiger partial charge < -0.3 is 9.47 Å². The predicted molar refractivity (Wildman–Crippen MR) is 107 cm³/mol. The van der Waals surface area contributed by atoms with Crippen molar-refractivity contribution in [3.05, 3.63) is 36.7 Å². The average Bonchev–Trinajstić information content (AvgIpc) is 2.69. The summed E-state index contributed by atoms with van der Waals surface area (Å²) in [5.41, 5.74) is 0.979. The third-order valence-electron chi connectivity index (χ3n) is 4.49. The smallest absolute Gasteiger partial charge is 0.159 e. The lowest BCUT2D eigenvalue weighted by molar-refractivity contribution is 0.256. The third-order valence-corrected chi connectivity index (χ3v) is 4.49. The van der Waals surface area contributed by atoms with Crippen molar-refractivity contribution >= 4 is 0 Å². The standard InChI is InChI=1S/C22H32N2O2/c1-4-6-7-8-9-14-25-21-15-23-22(24-16-21)19-10-12-20(13-11-19)26-17-18(3)5-2/h10-13,15-16,18H,4-9,14,17H2,1-3H3. The Labute approximate surface area is 158 Å². The maximum absolute atomic E-state index is 5.79. The number of ether oxygens (including phenoxy) is 2. The van der Waals surface area contributed by atoms with Crippen molar-refractivity contribution in [3.8, 4) is 22.9 Å². The second-order valence-corrected chi connectivity index (χ2v) is 6.85. The fraction of sp³-hybridized carbons (Fsp3) is 0.545. The van der Waals surface area contributed by atoms with E-state index in [-0.39, 0.29) is 0 Å². The molecule has 1 unspecified atom stereocenters. The molecule has 0 N–H and O–H groups in total. The van der Waals surface area contributed by atoms with E-state index < -0.39 is 0 Å². The summed E-state index contributed by atoms with van der Waals surface area (Å²) in [5.74, 6) is 2.89. The van der Waals surface area contributed by atoms with E-state index in [1.165, 1.54) is 25.7 Å². The number of aromatic nitrogens is 2. The SMILES string of the molecule is CCCCCCCOc1cnc(-c2ccc(OCC(C)CC)cc2)nc1. The first kappa shape index (κ1) is 20.2. The fourth-order valence-corrected chi connectivity index (χ4v) is 2.49. The van der Waals surface area contributed by atoms with Gasteiger partial charge in [-0.25, -0.2) is 9.97 Å². The van der Waals surface area contributed by atoms with Crippen LogP contribution in [-0.4, -0.2) is 23.2 Å². The lowest BCUT2D eigenvalue weighted by atomic mass is 10.1. The molecule has 0 fully saturated rings. The molecule has 26 heavy (non-hydrogen) atoms. The highest BCUT2D eigenvalue weighted by Crippen LogP contribution is 2.21. The minimum absolute atomic E-state index is 0.567. The molecule has 2 rings (SSSR count). The van der Waals surface area contributed by atoms with E-state index in [0.29, 0.717) is 11.7 Å². The molecule has 0 bridgehead atoms. The molecule has 2 aromatic rings. The number of hydrogen-bond donors (Lipinski definition) is 0. The van der Waals surface area contributed by atoms with Crippen molar-refractivity contribution in [3.63, 3.8) is 0 Å². The monoisotopic (exact) mass is 356 g/mol. The van der Waals surface area contributed by atoms with Crippen LogP contribution in [0.4, 0.5) is 0 Å². The molecule has 1 aromatic carbocycles. The molecule has 0 saturated heterocycles. The lowest BCUT2D eigenvalue weighted by Crippen LogP contribution is -2.07. The van der Waals surface area contributed by atoms with Gasteiger partial charge in [0.15, 0.2) is 11.6 Å². The summed E-state index contributed by atoms with van der Waals surface area (Å²) in [6.07, 6.45) is 10.8. The lowest BCUT2D eigenvalue weighted by Gasteiger charge is -2.11. The Balaban J connectivity index is 1.80. The van der Waals surface area contributed by atoms with Gasteiger partial charge in [0.1, 0.15) is 5.75 Å². The van der Waals surface area contributed by atoms with Gasteiger partial charge in [-0.15, -0.1) is 0 Å². The summed E-state index contributed by atoms with van der Waals surface area (Å²) in [6.45, 7) is 8.07. The van der Waals surface area contributed by atoms with Crippen LogP contribution in [0.15, 0.2) is 36.7 Å². The van der Waals surface area contributed by atoms with Gasteiger partial charge in [-0.3, -0.25) is 0 Å². The molecule has 0 aliphatic rings. The molecule has 0 aliphatic heterocycles. The molecule has 0 spiro atoms. The molecule has 4 nitrogen and oxygen atoms in total. The van der Waals surface area contributed by atoms with Gasteiger partial charge in [-0.2, -0.15) is 0 Å². The van der Waals surface area contributed by atoms with Crippen molar-refractivity contribution in [1.82, 2.24) is 9.97 Å². The van der Waals surface area contributed by atoms with E-state index in [4.69, 9.17) is 9.47 Å². The molecule has 0 aliphatic carbocycles. The third kappa shape index (κ3) is 7.03. The van der Waals surface area contributed by atoms with Crippen LogP contribution in [0.5, 0.6) is 11.5 Å². The molecule has 1 heterocycles. The summed E-state index contributed by atoms with van der Waals surface area (Å²) < 4.78 is 11.5. The average molecular weight is 357 g/mol. The van der Waals surface area contributed by atoms with E-state index >= 15 is 0 Å². The number of benzene rings is 1. The molecular formula is C22H32N2O2. The molecule has 1 atom stereocenters. The number of nitrogens with zero attached hydrogens (tertiary/aromatic N) is 2. The molecule has 0 saturated carbocycles. The zero-order valence-electron chi connectivity index (χ0n) is 16.4. The van der Waals surface area contributed by atoms with Crippen LogP contribution in [0.3, 0.4) is 0 Å². The van der Waals surface area contributed by atoms with E-state index in [0.717, 1.165) is 43.1 Å². The fourth-order valence-electron chi connectivity index (χ4n) is 2.49. The van der Waals surface area contributed by atoms with Gasteiger partial charge in [-0.05, 0) is 36.6 Å². The van der Waals surface area contributed by atoms with Crippen molar-refractivity contribution in [2.45, 2.75) is 59.3 Å². The molecule has 0 radical (unpaired) electrons. The van der Waals surface area contributed by atoms with Crippen LogP contribution < -0.4 is 9.47 Å². The van der Waals surface area contributed by atoms with Gasteiger partial charge >= 0.3 is 0 Å². The molecule has 0 amide bonds. The first-order valence-corrected chi connectivity index (χ1v) is 9.91. The molecule has 1 aromatic heterocycles. The minimum atomic E-state index is 0.567. The summed E-state index contributed by atoms with van der Waals surface area (Å²) in [6, 6.07) is 7.94. The zero-order chi connectivity index (χ0) is 18.6. The van der Waals surface area contributed by atoms with Gasteiger partial charge in [0, 0.05) is 5.56 Å². The summed E-state index contributed by atoms with van der Waals surface area (Å²) in [4.78, 5) is 8.83. The first-order chi connectivity index (χ1) is 12.7. The van der Waals surface area contributed by atoms with Crippen LogP contribution in [0.1, 0.15) is 59.3 Å². The van der Waals surface area contributed by atoms with Gasteiger partial charge in [0.2, 0.25) is 0 Å². The van der Waals surface area contributed by atoms with Crippen molar-refractivity contribution in [2.75, 3.05) is 13.2 Å². The Bertz CT molecular complexity index is 611. The van der Waals surface area contributed by atoms with Crippen LogP contribution >= 0.6 is 0 Å². The highest BCUT2D eigenvalue weighted by molar-refractivity contribution is 5.56. The van der Waals surface area contributed by atoms with E-state index in [1.54, 1.807) is 12.4 Å². The minimum Gasteiger partial charge on any atom is -0.493 e. The van der Waals surface area contributed by atoms with Crippen molar-refractivity contribution < 1.29 is 9.47 Å². The summed E-state index contributed by atoms with van der Waals surface area (Å²) >= 11 is 0. The second-order valence-electron chi connectivity index (χ2n) is 6.85. The van der Waals surface area contributed by atoms with E-state index in [9.17, 15) is 0 Å². The molecule has 4 heteroatoms. The van der Waals surface area contributed by atoms with Gasteiger partial charge in [0.25, 0.3) is 0 Å². The van der Waals surface area contributed by atoms with Gasteiger partial charge in [-0.1, -0.05) is 52.9 Å². The van der Waals surface area contributed by atoms with Crippen LogP contribution in [0.2, 0.25) is 0 Å². The molecule has 142 valence electrons. The largest absolute Gasteiger partial charge is 0.493 e. The van der Waals surface area contributed by atoms with Crippen molar-refractivity contribution in [2.24, 2.45) is 5.92 Å². The maximum atomic E-state index is 5.79. The number of rotatable bonds is 12. The van der Waals surface area contributed by atoms with E-state index in [1.807, 2.05) is 24.3 Å². The van der Waals surface area contributed by atoms with Crippen LogP contribution in [0.25, 0.3) is 11.4 Å². The number of unbranched alkanes of at least 4 members (excludes halogenated alkanes) is 4. The van der Waals surface area contributed by atoms with Crippen molar-refractivity contribution in [1.29, 1.82) is 0 Å².